The lowest BCUT2D eigenvalue weighted by Gasteiger charge is -2.12. The number of hydrogen-bond acceptors (Lipinski definition) is 4. The Morgan fingerprint density at radius 1 is 1.21 bits per heavy atom. The summed E-state index contributed by atoms with van der Waals surface area (Å²) in [5, 5.41) is 9.85. The topological polar surface area (TPSA) is 55.8 Å². The van der Waals surface area contributed by atoms with E-state index in [1.807, 2.05) is 6.92 Å². The van der Waals surface area contributed by atoms with Gasteiger partial charge in [-0.05, 0) is 25.0 Å². The minimum atomic E-state index is -0.0816. The van der Waals surface area contributed by atoms with Crippen LogP contribution in [0.15, 0.2) is 12.1 Å². The largest absolute Gasteiger partial charge is 0.504 e. The molecule has 4 nitrogen and oxygen atoms in total. The molecule has 106 valence electrons. The first-order valence-corrected chi connectivity index (χ1v) is 6.69. The molecular formula is C15H22O4. The van der Waals surface area contributed by atoms with Gasteiger partial charge in [0.1, 0.15) is 0 Å². The number of hydrogen-bond donors (Lipinski definition) is 1. The highest BCUT2D eigenvalue weighted by molar-refractivity contribution is 5.81. The molecule has 1 rings (SSSR count). The van der Waals surface area contributed by atoms with E-state index in [4.69, 9.17) is 9.47 Å². The molecule has 0 heterocycles. The van der Waals surface area contributed by atoms with E-state index in [9.17, 15) is 9.90 Å². The molecule has 0 spiro atoms. The molecule has 0 aliphatic heterocycles. The lowest BCUT2D eigenvalue weighted by molar-refractivity contribution is 0.111. The lowest BCUT2D eigenvalue weighted by Crippen LogP contribution is -2.05. The Morgan fingerprint density at radius 3 is 2.63 bits per heavy atom. The van der Waals surface area contributed by atoms with Gasteiger partial charge in [0.15, 0.2) is 17.8 Å². The Kier molecular flexibility index (Phi) is 6.97. The number of aryl methyl sites for hydroxylation is 1. The summed E-state index contributed by atoms with van der Waals surface area (Å²) in [5.41, 5.74) is 1.06. The van der Waals surface area contributed by atoms with Gasteiger partial charge in [0.05, 0.1) is 12.2 Å². The summed E-state index contributed by atoms with van der Waals surface area (Å²) < 4.78 is 10.9. The summed E-state index contributed by atoms with van der Waals surface area (Å²) in [7, 11) is 0. The molecule has 0 aliphatic rings. The summed E-state index contributed by atoms with van der Waals surface area (Å²) >= 11 is 0. The van der Waals surface area contributed by atoms with Crippen LogP contribution in [0.1, 0.15) is 42.1 Å². The Hall–Kier alpha value is -1.55. The second kappa shape index (κ2) is 8.53. The van der Waals surface area contributed by atoms with Crippen molar-refractivity contribution in [3.63, 3.8) is 0 Å². The minimum Gasteiger partial charge on any atom is -0.504 e. The number of phenols is 1. The first-order chi connectivity index (χ1) is 9.20. The molecule has 0 fully saturated rings. The van der Waals surface area contributed by atoms with Crippen LogP contribution in [0.3, 0.4) is 0 Å². The van der Waals surface area contributed by atoms with E-state index in [0.29, 0.717) is 25.2 Å². The Bertz CT molecular complexity index is 401. The predicted molar refractivity (Wildman–Crippen MR) is 74.1 cm³/mol. The summed E-state index contributed by atoms with van der Waals surface area (Å²) in [4.78, 5) is 10.7. The van der Waals surface area contributed by atoms with Crippen molar-refractivity contribution in [2.45, 2.75) is 33.1 Å². The zero-order valence-electron chi connectivity index (χ0n) is 11.6. The highest BCUT2D eigenvalue weighted by Crippen LogP contribution is 2.32. The van der Waals surface area contributed by atoms with Crippen molar-refractivity contribution in [3.05, 3.63) is 23.3 Å². The molecule has 1 N–H and O–H groups in total. The fourth-order valence-corrected chi connectivity index (χ4v) is 1.65. The minimum absolute atomic E-state index is 0.0816. The molecule has 0 unspecified atom stereocenters. The number of benzene rings is 1. The Balaban J connectivity index is 2.39. The van der Waals surface area contributed by atoms with E-state index in [-0.39, 0.29) is 11.3 Å². The molecule has 0 amide bonds. The standard InChI is InChI=1S/C15H22O4/c1-3-4-8-18-9-5-10-19-15-12(2)6-7-13(11-16)14(15)17/h6-7,11,17H,3-5,8-10H2,1-2H3. The third kappa shape index (κ3) is 4.91. The molecule has 0 radical (unpaired) electrons. The summed E-state index contributed by atoms with van der Waals surface area (Å²) in [5.74, 6) is 0.306. The second-order valence-electron chi connectivity index (χ2n) is 4.44. The van der Waals surface area contributed by atoms with Crippen LogP contribution in [0.5, 0.6) is 11.5 Å². The van der Waals surface area contributed by atoms with Gasteiger partial charge in [0.25, 0.3) is 0 Å². The average molecular weight is 266 g/mol. The first kappa shape index (κ1) is 15.5. The van der Waals surface area contributed by atoms with Crippen LogP contribution in [0.2, 0.25) is 0 Å². The van der Waals surface area contributed by atoms with Crippen LogP contribution in [0, 0.1) is 6.92 Å². The van der Waals surface area contributed by atoms with Crippen molar-refractivity contribution >= 4 is 6.29 Å². The van der Waals surface area contributed by atoms with Crippen LogP contribution in [0.4, 0.5) is 0 Å². The number of unbranched alkanes of at least 4 members (excludes halogenated alkanes) is 1. The van der Waals surface area contributed by atoms with Gasteiger partial charge < -0.3 is 14.6 Å². The molecule has 1 aromatic rings. The highest BCUT2D eigenvalue weighted by atomic mass is 16.5. The molecule has 4 heteroatoms. The fraction of sp³-hybridized carbons (Fsp3) is 0.533. The molecular weight excluding hydrogens is 244 g/mol. The third-order valence-corrected chi connectivity index (χ3v) is 2.81. The smallest absolute Gasteiger partial charge is 0.168 e. The van der Waals surface area contributed by atoms with Crippen LogP contribution >= 0.6 is 0 Å². The highest BCUT2D eigenvalue weighted by Gasteiger charge is 2.10. The number of rotatable bonds is 9. The Morgan fingerprint density at radius 2 is 1.95 bits per heavy atom. The maximum Gasteiger partial charge on any atom is 0.168 e. The quantitative estimate of drug-likeness (QED) is 0.551. The van der Waals surface area contributed by atoms with Crippen molar-refractivity contribution in [1.29, 1.82) is 0 Å². The normalized spacial score (nSPS) is 10.4. The van der Waals surface area contributed by atoms with Crippen molar-refractivity contribution in [2.24, 2.45) is 0 Å². The van der Waals surface area contributed by atoms with Crippen molar-refractivity contribution < 1.29 is 19.4 Å². The number of carbonyl (C=O) groups is 1. The summed E-state index contributed by atoms with van der Waals surface area (Å²) in [6, 6.07) is 3.34. The van der Waals surface area contributed by atoms with Crippen LogP contribution < -0.4 is 4.74 Å². The molecule has 0 atom stereocenters. The van der Waals surface area contributed by atoms with Gasteiger partial charge >= 0.3 is 0 Å². The van der Waals surface area contributed by atoms with Gasteiger partial charge in [0, 0.05) is 19.6 Å². The summed E-state index contributed by atoms with van der Waals surface area (Å²) in [6.07, 6.45) is 3.58. The van der Waals surface area contributed by atoms with Crippen molar-refractivity contribution in [3.8, 4) is 11.5 Å². The number of aromatic hydroxyl groups is 1. The fourth-order valence-electron chi connectivity index (χ4n) is 1.65. The number of ether oxygens (including phenoxy) is 2. The molecule has 0 saturated heterocycles. The van der Waals surface area contributed by atoms with Crippen LogP contribution in [-0.4, -0.2) is 31.2 Å². The number of phenolic OH excluding ortho intramolecular Hbond substituents is 1. The number of aldehydes is 1. The zero-order valence-corrected chi connectivity index (χ0v) is 11.6. The van der Waals surface area contributed by atoms with Gasteiger partial charge in [-0.3, -0.25) is 4.79 Å². The van der Waals surface area contributed by atoms with E-state index >= 15 is 0 Å². The van der Waals surface area contributed by atoms with Gasteiger partial charge in [-0.2, -0.15) is 0 Å². The maximum absolute atomic E-state index is 10.7. The summed E-state index contributed by atoms with van der Waals surface area (Å²) in [6.45, 7) is 5.84. The van der Waals surface area contributed by atoms with Crippen molar-refractivity contribution in [2.75, 3.05) is 19.8 Å². The van der Waals surface area contributed by atoms with E-state index in [2.05, 4.69) is 6.92 Å². The number of carbonyl (C=O) groups excluding carboxylic acids is 1. The zero-order chi connectivity index (χ0) is 14.1. The van der Waals surface area contributed by atoms with Gasteiger partial charge in [-0.25, -0.2) is 0 Å². The van der Waals surface area contributed by atoms with E-state index in [0.717, 1.165) is 31.4 Å². The van der Waals surface area contributed by atoms with Gasteiger partial charge in [-0.1, -0.05) is 19.4 Å². The first-order valence-electron chi connectivity index (χ1n) is 6.69. The van der Waals surface area contributed by atoms with Gasteiger partial charge in [-0.15, -0.1) is 0 Å². The van der Waals surface area contributed by atoms with E-state index < -0.39 is 0 Å². The third-order valence-electron chi connectivity index (χ3n) is 2.81. The van der Waals surface area contributed by atoms with E-state index in [1.165, 1.54) is 0 Å². The molecule has 0 aliphatic carbocycles. The van der Waals surface area contributed by atoms with Crippen molar-refractivity contribution in [1.82, 2.24) is 0 Å². The predicted octanol–water partition coefficient (Wildman–Crippen LogP) is 3.10. The molecule has 0 bridgehead atoms. The van der Waals surface area contributed by atoms with E-state index in [1.54, 1.807) is 12.1 Å². The molecule has 19 heavy (non-hydrogen) atoms. The second-order valence-corrected chi connectivity index (χ2v) is 4.44. The molecule has 0 saturated carbocycles. The van der Waals surface area contributed by atoms with Gasteiger partial charge in [0.2, 0.25) is 0 Å². The van der Waals surface area contributed by atoms with Crippen LogP contribution in [-0.2, 0) is 4.74 Å². The maximum atomic E-state index is 10.7. The SMILES string of the molecule is CCCCOCCCOc1c(C)ccc(C=O)c1O. The van der Waals surface area contributed by atoms with Crippen LogP contribution in [0.25, 0.3) is 0 Å². The monoisotopic (exact) mass is 266 g/mol. The molecule has 1 aromatic carbocycles. The molecule has 0 aromatic heterocycles. The average Bonchev–Trinajstić information content (AvgIpc) is 2.41. The Labute approximate surface area is 114 Å². The lowest BCUT2D eigenvalue weighted by atomic mass is 10.1.